The highest BCUT2D eigenvalue weighted by atomic mass is 16.5. The highest BCUT2D eigenvalue weighted by molar-refractivity contribution is 6.26. The first-order chi connectivity index (χ1) is 18.6. The lowest BCUT2D eigenvalue weighted by Crippen LogP contribution is -2.32. The van der Waals surface area contributed by atoms with Gasteiger partial charge in [0.25, 0.3) is 5.91 Å². The van der Waals surface area contributed by atoms with Gasteiger partial charge in [-0.15, -0.1) is 6.58 Å². The zero-order chi connectivity index (χ0) is 29.1. The van der Waals surface area contributed by atoms with Crippen LogP contribution in [-0.4, -0.2) is 55.6 Å². The Hall–Kier alpha value is -5.40. The van der Waals surface area contributed by atoms with Gasteiger partial charge in [-0.25, -0.2) is 9.59 Å². The normalized spacial score (nSPS) is 12.1. The molecule has 0 fully saturated rings. The van der Waals surface area contributed by atoms with E-state index >= 15 is 0 Å². The average Bonchev–Trinajstić information content (AvgIpc) is 3.19. The molecule has 0 N–H and O–H groups in total. The van der Waals surface area contributed by atoms with Crippen LogP contribution in [0.15, 0.2) is 78.1 Å². The molecule has 1 aromatic rings. The van der Waals surface area contributed by atoms with E-state index in [0.717, 1.165) is 0 Å². The zero-order valence-electron chi connectivity index (χ0n) is 21.8. The SMILES string of the molecule is C=CCN1C(=O)C(c2ccc(N(CCOC(=O)C(=C)C)CCOC(=O)C(=C)C)cc2)=C(C#N)C1=C(C#N)C#N. The smallest absolute Gasteiger partial charge is 0.333 e. The van der Waals surface area contributed by atoms with Gasteiger partial charge in [0.1, 0.15) is 31.4 Å². The summed E-state index contributed by atoms with van der Waals surface area (Å²) in [6, 6.07) is 12.1. The van der Waals surface area contributed by atoms with E-state index in [-0.39, 0.29) is 66.4 Å². The Morgan fingerprint density at radius 1 is 0.974 bits per heavy atom. The van der Waals surface area contributed by atoms with Gasteiger partial charge < -0.3 is 19.3 Å². The average molecular weight is 526 g/mol. The lowest BCUT2D eigenvalue weighted by atomic mass is 9.99. The van der Waals surface area contributed by atoms with Crippen LogP contribution in [0, 0.1) is 34.0 Å². The van der Waals surface area contributed by atoms with Crippen LogP contribution in [0.3, 0.4) is 0 Å². The molecule has 0 saturated heterocycles. The Kier molecular flexibility index (Phi) is 10.5. The van der Waals surface area contributed by atoms with Crippen molar-refractivity contribution in [3.8, 4) is 18.2 Å². The summed E-state index contributed by atoms with van der Waals surface area (Å²) in [5, 5.41) is 28.6. The van der Waals surface area contributed by atoms with Gasteiger partial charge in [-0.05, 0) is 31.5 Å². The molecule has 1 aliphatic heterocycles. The van der Waals surface area contributed by atoms with Gasteiger partial charge in [0.05, 0.1) is 29.9 Å². The fraction of sp³-hybridized carbons (Fsp3) is 0.241. The van der Waals surface area contributed by atoms with Crippen LogP contribution in [0.2, 0.25) is 0 Å². The number of hydrogen-bond acceptors (Lipinski definition) is 9. The van der Waals surface area contributed by atoms with E-state index in [0.29, 0.717) is 11.3 Å². The first-order valence-electron chi connectivity index (χ1n) is 11.7. The second kappa shape index (κ2) is 13.8. The Balaban J connectivity index is 2.41. The molecule has 0 unspecified atom stereocenters. The van der Waals surface area contributed by atoms with E-state index in [1.807, 2.05) is 11.0 Å². The summed E-state index contributed by atoms with van der Waals surface area (Å²) >= 11 is 0. The molecule has 0 saturated carbocycles. The van der Waals surface area contributed by atoms with E-state index in [9.17, 15) is 30.2 Å². The van der Waals surface area contributed by atoms with Crippen molar-refractivity contribution in [3.05, 3.63) is 83.6 Å². The number of nitriles is 3. The van der Waals surface area contributed by atoms with Gasteiger partial charge in [0, 0.05) is 23.4 Å². The Labute approximate surface area is 227 Å². The van der Waals surface area contributed by atoms with Crippen molar-refractivity contribution in [2.75, 3.05) is 37.7 Å². The number of amides is 1. The monoisotopic (exact) mass is 525 g/mol. The van der Waals surface area contributed by atoms with Crippen molar-refractivity contribution in [2.45, 2.75) is 13.8 Å². The minimum absolute atomic E-state index is 0.00732. The van der Waals surface area contributed by atoms with Gasteiger partial charge in [-0.1, -0.05) is 31.4 Å². The largest absolute Gasteiger partial charge is 0.460 e. The third kappa shape index (κ3) is 7.09. The maximum absolute atomic E-state index is 13.2. The number of anilines is 1. The van der Waals surface area contributed by atoms with E-state index in [2.05, 4.69) is 19.7 Å². The van der Waals surface area contributed by atoms with E-state index in [4.69, 9.17) is 9.47 Å². The third-order valence-corrected chi connectivity index (χ3v) is 5.51. The minimum atomic E-state index is -0.535. The second-order valence-corrected chi connectivity index (χ2v) is 8.38. The fourth-order valence-electron chi connectivity index (χ4n) is 3.62. The number of benzene rings is 1. The number of carbonyl (C=O) groups is 3. The molecular formula is C29H27N5O5. The van der Waals surface area contributed by atoms with Crippen LogP contribution in [0.1, 0.15) is 19.4 Å². The molecule has 0 bridgehead atoms. The van der Waals surface area contributed by atoms with Crippen molar-refractivity contribution in [2.24, 2.45) is 0 Å². The van der Waals surface area contributed by atoms with Crippen LogP contribution < -0.4 is 4.90 Å². The molecule has 198 valence electrons. The molecule has 1 aromatic carbocycles. The van der Waals surface area contributed by atoms with Crippen LogP contribution in [0.25, 0.3) is 5.57 Å². The van der Waals surface area contributed by atoms with Crippen molar-refractivity contribution in [1.82, 2.24) is 4.90 Å². The first-order valence-corrected chi connectivity index (χ1v) is 11.7. The number of nitrogens with zero attached hydrogens (tertiary/aromatic N) is 5. The van der Waals surface area contributed by atoms with Crippen LogP contribution in [0.4, 0.5) is 5.69 Å². The Bertz CT molecular complexity index is 1350. The Morgan fingerprint density at radius 2 is 1.49 bits per heavy atom. The topological polar surface area (TPSA) is 148 Å². The predicted octanol–water partition coefficient (Wildman–Crippen LogP) is 3.34. The molecule has 39 heavy (non-hydrogen) atoms. The van der Waals surface area contributed by atoms with E-state index < -0.39 is 17.8 Å². The number of hydrogen-bond donors (Lipinski definition) is 0. The molecule has 1 aliphatic rings. The summed E-state index contributed by atoms with van der Waals surface area (Å²) in [5.41, 5.74) is 1.17. The molecule has 0 spiro atoms. The second-order valence-electron chi connectivity index (χ2n) is 8.38. The van der Waals surface area contributed by atoms with Gasteiger partial charge in [-0.3, -0.25) is 4.79 Å². The summed E-state index contributed by atoms with van der Waals surface area (Å²) in [5.74, 6) is -1.60. The van der Waals surface area contributed by atoms with Crippen LogP contribution >= 0.6 is 0 Å². The minimum Gasteiger partial charge on any atom is -0.460 e. The van der Waals surface area contributed by atoms with Crippen LogP contribution in [0.5, 0.6) is 0 Å². The van der Waals surface area contributed by atoms with Crippen molar-refractivity contribution in [3.63, 3.8) is 0 Å². The van der Waals surface area contributed by atoms with Crippen molar-refractivity contribution < 1.29 is 23.9 Å². The summed E-state index contributed by atoms with van der Waals surface area (Å²) in [6.45, 7) is 14.4. The summed E-state index contributed by atoms with van der Waals surface area (Å²) in [4.78, 5) is 39.8. The standard InChI is InChI=1S/C29H27N5O5/c1-6-11-34-26(22(16-30)17-31)24(18-32)25(27(34)35)21-7-9-23(10-8-21)33(12-14-38-28(36)19(2)3)13-15-39-29(37)20(4)5/h6-10H,1-2,4,11-15H2,3,5H3. The van der Waals surface area contributed by atoms with Gasteiger partial charge >= 0.3 is 11.9 Å². The molecule has 10 nitrogen and oxygen atoms in total. The highest BCUT2D eigenvalue weighted by Gasteiger charge is 2.37. The number of allylic oxidation sites excluding steroid dienone is 2. The molecular weight excluding hydrogens is 498 g/mol. The lowest BCUT2D eigenvalue weighted by Gasteiger charge is -2.25. The molecule has 0 atom stereocenters. The first kappa shape index (κ1) is 29.8. The maximum atomic E-state index is 13.2. The molecule has 10 heteroatoms. The van der Waals surface area contributed by atoms with Crippen LogP contribution in [-0.2, 0) is 23.9 Å². The molecule has 0 aliphatic carbocycles. The maximum Gasteiger partial charge on any atom is 0.333 e. The van der Waals surface area contributed by atoms with Crippen molar-refractivity contribution in [1.29, 1.82) is 15.8 Å². The third-order valence-electron chi connectivity index (χ3n) is 5.51. The van der Waals surface area contributed by atoms with E-state index in [1.54, 1.807) is 36.4 Å². The lowest BCUT2D eigenvalue weighted by molar-refractivity contribution is -0.139. The number of rotatable bonds is 12. The zero-order valence-corrected chi connectivity index (χ0v) is 21.8. The fourth-order valence-corrected chi connectivity index (χ4v) is 3.62. The number of esters is 2. The van der Waals surface area contributed by atoms with E-state index in [1.165, 1.54) is 24.8 Å². The van der Waals surface area contributed by atoms with Gasteiger partial charge in [0.15, 0.2) is 5.57 Å². The predicted molar refractivity (Wildman–Crippen MR) is 143 cm³/mol. The highest BCUT2D eigenvalue weighted by Crippen LogP contribution is 2.37. The number of carbonyl (C=O) groups excluding carboxylic acids is 3. The van der Waals surface area contributed by atoms with Gasteiger partial charge in [-0.2, -0.15) is 15.8 Å². The molecule has 2 rings (SSSR count). The molecule has 1 amide bonds. The summed E-state index contributed by atoms with van der Waals surface area (Å²) < 4.78 is 10.4. The summed E-state index contributed by atoms with van der Waals surface area (Å²) in [7, 11) is 0. The quantitative estimate of drug-likeness (QED) is 0.173. The number of ether oxygens (including phenoxy) is 2. The molecule has 0 radical (unpaired) electrons. The van der Waals surface area contributed by atoms with Gasteiger partial charge in [0.2, 0.25) is 0 Å². The molecule has 0 aromatic heterocycles. The summed E-state index contributed by atoms with van der Waals surface area (Å²) in [6.07, 6.45) is 1.44. The Morgan fingerprint density at radius 3 is 1.90 bits per heavy atom. The molecule has 1 heterocycles. The van der Waals surface area contributed by atoms with Crippen molar-refractivity contribution >= 4 is 29.1 Å².